The molecule has 1 aromatic heterocycles. The van der Waals surface area contributed by atoms with Crippen molar-refractivity contribution in [2.45, 2.75) is 20.3 Å². The van der Waals surface area contributed by atoms with Gasteiger partial charge in [-0.15, -0.1) is 11.3 Å². The number of hydrogen-bond acceptors (Lipinski definition) is 4. The SMILES string of the molecule is CC/C(=N/Nc1nc(-c2ccc(C)cc2)cs1)c1ccccc1. The number of nitrogens with one attached hydrogen (secondary N) is 1. The molecule has 0 fully saturated rings. The lowest BCUT2D eigenvalue weighted by Gasteiger charge is -2.03. The number of hydrogen-bond donors (Lipinski definition) is 1. The van der Waals surface area contributed by atoms with Crippen LogP contribution in [0.15, 0.2) is 65.1 Å². The number of benzene rings is 2. The van der Waals surface area contributed by atoms with Crippen LogP contribution < -0.4 is 5.43 Å². The summed E-state index contributed by atoms with van der Waals surface area (Å²) in [5, 5.41) is 7.38. The van der Waals surface area contributed by atoms with E-state index in [9.17, 15) is 0 Å². The Labute approximate surface area is 140 Å². The zero-order valence-corrected chi connectivity index (χ0v) is 14.1. The van der Waals surface area contributed by atoms with Crippen molar-refractivity contribution in [2.75, 3.05) is 5.43 Å². The van der Waals surface area contributed by atoms with Crippen LogP contribution in [0.2, 0.25) is 0 Å². The molecule has 0 atom stereocenters. The first kappa shape index (κ1) is 15.4. The molecule has 0 amide bonds. The third-order valence-corrected chi connectivity index (χ3v) is 4.33. The summed E-state index contributed by atoms with van der Waals surface area (Å²) in [6.07, 6.45) is 0.868. The minimum atomic E-state index is 0.808. The predicted molar refractivity (Wildman–Crippen MR) is 99.2 cm³/mol. The molecule has 0 aliphatic rings. The van der Waals surface area contributed by atoms with E-state index in [-0.39, 0.29) is 0 Å². The lowest BCUT2D eigenvalue weighted by Crippen LogP contribution is -2.02. The van der Waals surface area contributed by atoms with Crippen LogP contribution >= 0.6 is 11.3 Å². The predicted octanol–water partition coefficient (Wildman–Crippen LogP) is 5.34. The summed E-state index contributed by atoms with van der Waals surface area (Å²) in [7, 11) is 0. The summed E-state index contributed by atoms with van der Waals surface area (Å²) in [5.74, 6) is 0. The van der Waals surface area contributed by atoms with Crippen LogP contribution in [-0.4, -0.2) is 10.7 Å². The Morgan fingerprint density at radius 1 is 1.09 bits per heavy atom. The van der Waals surface area contributed by atoms with Gasteiger partial charge in [0.05, 0.1) is 11.4 Å². The van der Waals surface area contributed by atoms with Crippen molar-refractivity contribution in [1.29, 1.82) is 0 Å². The maximum atomic E-state index is 4.61. The van der Waals surface area contributed by atoms with E-state index in [0.717, 1.165) is 34.1 Å². The molecule has 0 saturated heterocycles. The van der Waals surface area contributed by atoms with Gasteiger partial charge in [-0.1, -0.05) is 67.1 Å². The minimum absolute atomic E-state index is 0.808. The van der Waals surface area contributed by atoms with Crippen LogP contribution in [0.3, 0.4) is 0 Å². The molecule has 23 heavy (non-hydrogen) atoms. The highest BCUT2D eigenvalue weighted by molar-refractivity contribution is 7.14. The van der Waals surface area contributed by atoms with Crippen molar-refractivity contribution in [2.24, 2.45) is 5.10 Å². The third kappa shape index (κ3) is 3.85. The fourth-order valence-corrected chi connectivity index (χ4v) is 2.94. The molecule has 0 aliphatic carbocycles. The molecule has 0 unspecified atom stereocenters. The summed E-state index contributed by atoms with van der Waals surface area (Å²) < 4.78 is 0. The molecule has 2 aromatic carbocycles. The number of anilines is 1. The molecular formula is C19H19N3S. The first-order valence-corrected chi connectivity index (χ1v) is 8.55. The summed E-state index contributed by atoms with van der Waals surface area (Å²) in [4.78, 5) is 4.61. The van der Waals surface area contributed by atoms with Gasteiger partial charge in [-0.2, -0.15) is 5.10 Å². The Balaban J connectivity index is 1.76. The Morgan fingerprint density at radius 3 is 2.52 bits per heavy atom. The van der Waals surface area contributed by atoms with Crippen molar-refractivity contribution in [3.8, 4) is 11.3 Å². The number of aromatic nitrogens is 1. The highest BCUT2D eigenvalue weighted by Gasteiger charge is 2.05. The van der Waals surface area contributed by atoms with Gasteiger partial charge in [0.15, 0.2) is 0 Å². The van der Waals surface area contributed by atoms with E-state index in [4.69, 9.17) is 0 Å². The number of nitrogens with zero attached hydrogens (tertiary/aromatic N) is 2. The number of aryl methyl sites for hydroxylation is 1. The first-order valence-electron chi connectivity index (χ1n) is 7.67. The second kappa shape index (κ2) is 7.20. The minimum Gasteiger partial charge on any atom is -0.252 e. The van der Waals surface area contributed by atoms with Crippen LogP contribution in [0.25, 0.3) is 11.3 Å². The standard InChI is InChI=1S/C19H19N3S/c1-3-17(15-7-5-4-6-8-15)21-22-19-20-18(13-23-19)16-11-9-14(2)10-12-16/h4-13H,3H2,1-2H3,(H,20,22)/b21-17-. The maximum Gasteiger partial charge on any atom is 0.203 e. The van der Waals surface area contributed by atoms with Crippen LogP contribution in [0.4, 0.5) is 5.13 Å². The Morgan fingerprint density at radius 2 is 1.83 bits per heavy atom. The van der Waals surface area contributed by atoms with Crippen LogP contribution in [0.1, 0.15) is 24.5 Å². The van der Waals surface area contributed by atoms with Gasteiger partial charge in [0.2, 0.25) is 5.13 Å². The highest BCUT2D eigenvalue weighted by atomic mass is 32.1. The quantitative estimate of drug-likeness (QED) is 0.508. The fraction of sp³-hybridized carbons (Fsp3) is 0.158. The smallest absolute Gasteiger partial charge is 0.203 e. The number of rotatable bonds is 5. The monoisotopic (exact) mass is 321 g/mol. The topological polar surface area (TPSA) is 37.3 Å². The van der Waals surface area contributed by atoms with Crippen molar-refractivity contribution >= 4 is 22.2 Å². The van der Waals surface area contributed by atoms with Gasteiger partial charge < -0.3 is 0 Å². The van der Waals surface area contributed by atoms with Gasteiger partial charge in [0.25, 0.3) is 0 Å². The molecular weight excluding hydrogens is 302 g/mol. The Kier molecular flexibility index (Phi) is 4.83. The summed E-state index contributed by atoms with van der Waals surface area (Å²) in [6.45, 7) is 4.19. The molecule has 1 N–H and O–H groups in total. The van der Waals surface area contributed by atoms with E-state index < -0.39 is 0 Å². The Hall–Kier alpha value is -2.46. The zero-order valence-electron chi connectivity index (χ0n) is 13.3. The molecule has 0 saturated carbocycles. The van der Waals surface area contributed by atoms with Gasteiger partial charge in [-0.3, -0.25) is 5.43 Å². The average Bonchev–Trinajstić information content (AvgIpc) is 3.06. The van der Waals surface area contributed by atoms with Gasteiger partial charge in [0, 0.05) is 10.9 Å². The maximum absolute atomic E-state index is 4.61. The molecule has 0 radical (unpaired) electrons. The van der Waals surface area contributed by atoms with E-state index in [2.05, 4.69) is 71.1 Å². The van der Waals surface area contributed by atoms with Crippen LogP contribution in [-0.2, 0) is 0 Å². The molecule has 3 aromatic rings. The third-order valence-electron chi connectivity index (χ3n) is 3.58. The molecule has 3 rings (SSSR count). The fourth-order valence-electron chi connectivity index (χ4n) is 2.28. The van der Waals surface area contributed by atoms with E-state index in [1.165, 1.54) is 5.56 Å². The largest absolute Gasteiger partial charge is 0.252 e. The molecule has 0 spiro atoms. The zero-order chi connectivity index (χ0) is 16.1. The van der Waals surface area contributed by atoms with E-state index in [1.54, 1.807) is 11.3 Å². The lowest BCUT2D eigenvalue weighted by molar-refractivity contribution is 1.21. The molecule has 1 heterocycles. The highest BCUT2D eigenvalue weighted by Crippen LogP contribution is 2.25. The van der Waals surface area contributed by atoms with Gasteiger partial charge >= 0.3 is 0 Å². The van der Waals surface area contributed by atoms with E-state index in [1.807, 2.05) is 18.2 Å². The second-order valence-electron chi connectivity index (χ2n) is 5.29. The first-order chi connectivity index (χ1) is 11.3. The van der Waals surface area contributed by atoms with E-state index >= 15 is 0 Å². The van der Waals surface area contributed by atoms with Crippen molar-refractivity contribution in [3.05, 3.63) is 71.1 Å². The Bertz CT molecular complexity index is 789. The summed E-state index contributed by atoms with van der Waals surface area (Å²) in [5.41, 5.74) is 8.61. The molecule has 3 nitrogen and oxygen atoms in total. The van der Waals surface area contributed by atoms with E-state index in [0.29, 0.717) is 0 Å². The van der Waals surface area contributed by atoms with Gasteiger partial charge in [-0.05, 0) is 18.9 Å². The summed E-state index contributed by atoms with van der Waals surface area (Å²) >= 11 is 1.57. The molecule has 116 valence electrons. The van der Waals surface area contributed by atoms with Crippen molar-refractivity contribution in [3.63, 3.8) is 0 Å². The van der Waals surface area contributed by atoms with Gasteiger partial charge in [-0.25, -0.2) is 4.98 Å². The number of hydrazone groups is 1. The average molecular weight is 321 g/mol. The molecule has 4 heteroatoms. The van der Waals surface area contributed by atoms with Crippen LogP contribution in [0, 0.1) is 6.92 Å². The van der Waals surface area contributed by atoms with Crippen molar-refractivity contribution in [1.82, 2.24) is 4.98 Å². The second-order valence-corrected chi connectivity index (χ2v) is 6.15. The normalized spacial score (nSPS) is 11.5. The lowest BCUT2D eigenvalue weighted by atomic mass is 10.1. The number of thiazole rings is 1. The molecule has 0 bridgehead atoms. The van der Waals surface area contributed by atoms with Gasteiger partial charge in [0.1, 0.15) is 0 Å². The summed E-state index contributed by atoms with van der Waals surface area (Å²) in [6, 6.07) is 18.6. The molecule has 0 aliphatic heterocycles. The van der Waals surface area contributed by atoms with Crippen molar-refractivity contribution < 1.29 is 0 Å². The van der Waals surface area contributed by atoms with Crippen LogP contribution in [0.5, 0.6) is 0 Å².